The first kappa shape index (κ1) is 17.3. The second-order valence-corrected chi connectivity index (χ2v) is 7.11. The van der Waals surface area contributed by atoms with Crippen LogP contribution in [0.4, 0.5) is 4.79 Å². The van der Waals surface area contributed by atoms with Gasteiger partial charge in [0, 0.05) is 17.5 Å². The zero-order valence-electron chi connectivity index (χ0n) is 14.7. The number of carbonyl (C=O) groups excluding carboxylic acids is 3. The summed E-state index contributed by atoms with van der Waals surface area (Å²) in [5.41, 5.74) is -0.900. The van der Waals surface area contributed by atoms with Gasteiger partial charge in [-0.05, 0) is 26.3 Å². The van der Waals surface area contributed by atoms with Gasteiger partial charge in [0.25, 0.3) is 5.91 Å². The summed E-state index contributed by atoms with van der Waals surface area (Å²) < 4.78 is 5.59. The molecular weight excluding hydrogens is 322 g/mol. The molecule has 1 aromatic carbocycles. The molecule has 0 bridgehead atoms. The zero-order valence-corrected chi connectivity index (χ0v) is 14.7. The average molecular weight is 345 g/mol. The van der Waals surface area contributed by atoms with Crippen LogP contribution in [0, 0.1) is 0 Å². The topological polar surface area (TPSA) is 87.7 Å². The Morgan fingerprint density at radius 1 is 1.36 bits per heavy atom. The van der Waals surface area contributed by atoms with Crippen molar-refractivity contribution >= 4 is 17.8 Å². The maximum absolute atomic E-state index is 13.0. The molecule has 4 amide bonds. The number of urea groups is 1. The fourth-order valence-corrected chi connectivity index (χ4v) is 3.16. The van der Waals surface area contributed by atoms with Crippen molar-refractivity contribution in [2.24, 2.45) is 0 Å². The third kappa shape index (κ3) is 2.94. The van der Waals surface area contributed by atoms with Crippen LogP contribution in [0.15, 0.2) is 24.3 Å². The van der Waals surface area contributed by atoms with Crippen molar-refractivity contribution in [3.8, 4) is 5.75 Å². The van der Waals surface area contributed by atoms with E-state index < -0.39 is 17.5 Å². The molecule has 2 heterocycles. The summed E-state index contributed by atoms with van der Waals surface area (Å²) in [5.74, 6) is -0.175. The molecule has 1 fully saturated rings. The van der Waals surface area contributed by atoms with E-state index in [1.54, 1.807) is 18.2 Å². The summed E-state index contributed by atoms with van der Waals surface area (Å²) in [5, 5.41) is 5.63. The van der Waals surface area contributed by atoms with Crippen LogP contribution < -0.4 is 15.4 Å². The van der Waals surface area contributed by atoms with Gasteiger partial charge in [0.1, 0.15) is 12.3 Å². The molecule has 25 heavy (non-hydrogen) atoms. The highest BCUT2D eigenvalue weighted by molar-refractivity contribution is 6.09. The Balaban J connectivity index is 1.83. The fourth-order valence-electron chi connectivity index (χ4n) is 3.16. The van der Waals surface area contributed by atoms with E-state index in [4.69, 9.17) is 4.74 Å². The van der Waals surface area contributed by atoms with Crippen LogP contribution in [-0.2, 0) is 15.1 Å². The lowest BCUT2D eigenvalue weighted by molar-refractivity contribution is -0.136. The predicted molar refractivity (Wildman–Crippen MR) is 91.0 cm³/mol. The van der Waals surface area contributed by atoms with Crippen molar-refractivity contribution in [1.82, 2.24) is 15.5 Å². The van der Waals surface area contributed by atoms with Crippen LogP contribution in [0.2, 0.25) is 0 Å². The van der Waals surface area contributed by atoms with E-state index >= 15 is 0 Å². The van der Waals surface area contributed by atoms with Gasteiger partial charge in [0.15, 0.2) is 5.54 Å². The van der Waals surface area contributed by atoms with Gasteiger partial charge in [0.2, 0.25) is 5.91 Å². The number of hydrogen-bond acceptors (Lipinski definition) is 4. The minimum atomic E-state index is -1.15. The number of hydrogen-bond donors (Lipinski definition) is 2. The van der Waals surface area contributed by atoms with E-state index in [1.165, 1.54) is 0 Å². The van der Waals surface area contributed by atoms with Crippen LogP contribution in [0.25, 0.3) is 0 Å². The molecular formula is C18H23N3O4. The van der Waals surface area contributed by atoms with Gasteiger partial charge in [-0.15, -0.1) is 0 Å². The van der Waals surface area contributed by atoms with Crippen molar-refractivity contribution in [3.05, 3.63) is 29.8 Å². The minimum Gasteiger partial charge on any atom is -0.493 e. The van der Waals surface area contributed by atoms with Gasteiger partial charge in [-0.25, -0.2) is 4.79 Å². The van der Waals surface area contributed by atoms with Gasteiger partial charge in [-0.1, -0.05) is 25.1 Å². The summed E-state index contributed by atoms with van der Waals surface area (Å²) in [7, 11) is 0. The van der Waals surface area contributed by atoms with Gasteiger partial charge in [0.05, 0.1) is 6.61 Å². The number of nitrogens with one attached hydrogen (secondary N) is 2. The van der Waals surface area contributed by atoms with E-state index in [0.29, 0.717) is 24.3 Å². The predicted octanol–water partition coefficient (Wildman–Crippen LogP) is 1.52. The molecule has 0 aliphatic carbocycles. The van der Waals surface area contributed by atoms with Crippen LogP contribution >= 0.6 is 0 Å². The number of amides is 4. The maximum Gasteiger partial charge on any atom is 0.325 e. The summed E-state index contributed by atoms with van der Waals surface area (Å²) in [6.07, 6.45) is 1.08. The Labute approximate surface area is 146 Å². The van der Waals surface area contributed by atoms with Crippen LogP contribution in [0.1, 0.15) is 39.2 Å². The molecule has 0 radical (unpaired) electrons. The summed E-state index contributed by atoms with van der Waals surface area (Å²) in [6, 6.07) is 6.61. The molecule has 2 aliphatic heterocycles. The third-order valence-electron chi connectivity index (χ3n) is 4.92. The summed E-state index contributed by atoms with van der Waals surface area (Å²) in [6.45, 7) is 5.78. The van der Waals surface area contributed by atoms with Gasteiger partial charge >= 0.3 is 6.03 Å². The van der Waals surface area contributed by atoms with Crippen molar-refractivity contribution in [2.75, 3.05) is 13.2 Å². The van der Waals surface area contributed by atoms with E-state index in [9.17, 15) is 14.4 Å². The van der Waals surface area contributed by atoms with Crippen molar-refractivity contribution in [1.29, 1.82) is 0 Å². The van der Waals surface area contributed by atoms with Crippen LogP contribution in [0.3, 0.4) is 0 Å². The molecule has 7 heteroatoms. The number of rotatable bonds is 4. The molecule has 0 saturated carbocycles. The number of imide groups is 1. The Bertz CT molecular complexity index is 731. The van der Waals surface area contributed by atoms with E-state index in [-0.39, 0.29) is 18.0 Å². The van der Waals surface area contributed by atoms with Crippen LogP contribution in [0.5, 0.6) is 5.75 Å². The maximum atomic E-state index is 13.0. The molecule has 1 aromatic rings. The first-order valence-corrected chi connectivity index (χ1v) is 8.46. The Morgan fingerprint density at radius 2 is 2.08 bits per heavy atom. The molecule has 0 unspecified atom stereocenters. The second-order valence-electron chi connectivity index (χ2n) is 7.11. The fraction of sp³-hybridized carbons (Fsp3) is 0.500. The number of ether oxygens (including phenoxy) is 1. The smallest absolute Gasteiger partial charge is 0.325 e. The first-order valence-electron chi connectivity index (χ1n) is 8.46. The number of benzene rings is 1. The number of para-hydroxylation sites is 1. The second kappa shape index (κ2) is 6.06. The average Bonchev–Trinajstić information content (AvgIpc) is 2.80. The zero-order chi connectivity index (χ0) is 18.2. The molecule has 1 atom stereocenters. The SMILES string of the molecule is CCC(C)(C)NC(=O)CN1C(=O)N[C@@]2(CCOc3ccccc32)C1=O. The largest absolute Gasteiger partial charge is 0.493 e. The molecule has 0 aromatic heterocycles. The highest BCUT2D eigenvalue weighted by Gasteiger charge is 2.55. The molecule has 2 aliphatic rings. The monoisotopic (exact) mass is 345 g/mol. The molecule has 2 N–H and O–H groups in total. The van der Waals surface area contributed by atoms with Crippen molar-refractivity contribution in [2.45, 2.75) is 44.7 Å². The molecule has 7 nitrogen and oxygen atoms in total. The molecule has 1 spiro atoms. The highest BCUT2D eigenvalue weighted by Crippen LogP contribution is 2.40. The van der Waals surface area contributed by atoms with E-state index in [2.05, 4.69) is 10.6 Å². The lowest BCUT2D eigenvalue weighted by Gasteiger charge is -2.33. The lowest BCUT2D eigenvalue weighted by atomic mass is 9.84. The van der Waals surface area contributed by atoms with Crippen LogP contribution in [-0.4, -0.2) is 41.4 Å². The van der Waals surface area contributed by atoms with E-state index in [1.807, 2.05) is 26.8 Å². The van der Waals surface area contributed by atoms with E-state index in [0.717, 1.165) is 11.3 Å². The number of carbonyl (C=O) groups is 3. The Morgan fingerprint density at radius 3 is 2.80 bits per heavy atom. The van der Waals surface area contributed by atoms with Crippen molar-refractivity contribution < 1.29 is 19.1 Å². The Hall–Kier alpha value is -2.57. The van der Waals surface area contributed by atoms with Gasteiger partial charge in [-0.2, -0.15) is 0 Å². The Kier molecular flexibility index (Phi) is 4.18. The van der Waals surface area contributed by atoms with Gasteiger partial charge in [-0.3, -0.25) is 14.5 Å². The quantitative estimate of drug-likeness (QED) is 0.810. The molecule has 1 saturated heterocycles. The normalized spacial score (nSPS) is 22.4. The molecule has 3 rings (SSSR count). The van der Waals surface area contributed by atoms with Gasteiger partial charge < -0.3 is 15.4 Å². The summed E-state index contributed by atoms with van der Waals surface area (Å²) >= 11 is 0. The van der Waals surface area contributed by atoms with Crippen molar-refractivity contribution in [3.63, 3.8) is 0 Å². The highest BCUT2D eigenvalue weighted by atomic mass is 16.5. The minimum absolute atomic E-state index is 0.293. The third-order valence-corrected chi connectivity index (χ3v) is 4.92. The number of nitrogens with zero attached hydrogens (tertiary/aromatic N) is 1. The lowest BCUT2D eigenvalue weighted by Crippen LogP contribution is -2.50. The molecule has 134 valence electrons. The standard InChI is InChI=1S/C18H23N3O4/c1-4-17(2,3)19-14(22)11-21-15(23)18(20-16(21)24)9-10-25-13-8-6-5-7-12(13)18/h5-8H,4,9-11H2,1-3H3,(H,19,22)(H,20,24)/t18-/m1/s1. The summed E-state index contributed by atoms with van der Waals surface area (Å²) in [4.78, 5) is 38.7. The number of fused-ring (bicyclic) bond motifs is 2. The first-order chi connectivity index (χ1) is 11.8.